The minimum atomic E-state index is -1.05. The van der Waals surface area contributed by atoms with E-state index in [1.54, 1.807) is 0 Å². The van der Waals surface area contributed by atoms with Crippen molar-refractivity contribution in [2.75, 3.05) is 46.2 Å². The summed E-state index contributed by atoms with van der Waals surface area (Å²) in [6, 6.07) is 0. The maximum atomic E-state index is 8.92. The van der Waals surface area contributed by atoms with Crippen LogP contribution in [-0.4, -0.2) is 72.2 Å². The van der Waals surface area contributed by atoms with E-state index in [0.717, 1.165) is 0 Å². The minimum absolute atomic E-state index is 0.0366. The summed E-state index contributed by atoms with van der Waals surface area (Å²) < 4.78 is 4.95. The van der Waals surface area contributed by atoms with Gasteiger partial charge in [0.25, 0.3) is 0 Å². The lowest BCUT2D eigenvalue weighted by atomic mass is 10.0. The summed E-state index contributed by atoms with van der Waals surface area (Å²) in [4.78, 5) is 0. The van der Waals surface area contributed by atoms with Crippen molar-refractivity contribution in [2.24, 2.45) is 0 Å². The average Bonchev–Trinajstić information content (AvgIpc) is 2.24. The molecule has 0 saturated carbocycles. The van der Waals surface area contributed by atoms with Crippen molar-refractivity contribution in [3.05, 3.63) is 0 Å². The van der Waals surface area contributed by atoms with Crippen molar-refractivity contribution in [1.82, 2.24) is 5.32 Å². The fourth-order valence-electron chi connectivity index (χ4n) is 0.873. The van der Waals surface area contributed by atoms with E-state index in [1.807, 2.05) is 0 Å². The molecule has 0 amide bonds. The fourth-order valence-corrected chi connectivity index (χ4v) is 0.873. The Morgan fingerprint density at radius 2 is 1.50 bits per heavy atom. The van der Waals surface area contributed by atoms with Gasteiger partial charge in [-0.25, -0.2) is 0 Å². The zero-order chi connectivity index (χ0) is 10.9. The molecule has 0 unspecified atom stereocenters. The van der Waals surface area contributed by atoms with Crippen molar-refractivity contribution in [3.8, 4) is 0 Å². The van der Waals surface area contributed by atoms with Crippen LogP contribution in [0.4, 0.5) is 0 Å². The normalized spacial score (nSPS) is 12.0. The largest absolute Gasteiger partial charge is 0.394 e. The molecule has 0 aliphatic heterocycles. The highest BCUT2D eigenvalue weighted by atomic mass is 16.5. The topological polar surface area (TPSA) is 102 Å². The molecule has 5 N–H and O–H groups in total. The molecule has 0 aromatic rings. The first kappa shape index (κ1) is 13.8. The quantitative estimate of drug-likeness (QED) is 0.265. The summed E-state index contributed by atoms with van der Waals surface area (Å²) in [6.07, 6.45) is 0. The molecule has 14 heavy (non-hydrogen) atoms. The van der Waals surface area contributed by atoms with Gasteiger partial charge in [-0.2, -0.15) is 0 Å². The Morgan fingerprint density at radius 3 is 1.93 bits per heavy atom. The van der Waals surface area contributed by atoms with Crippen molar-refractivity contribution >= 4 is 0 Å². The number of ether oxygens (including phenoxy) is 1. The van der Waals surface area contributed by atoms with Crippen LogP contribution < -0.4 is 5.32 Å². The van der Waals surface area contributed by atoms with Gasteiger partial charge in [0.1, 0.15) is 0 Å². The van der Waals surface area contributed by atoms with Gasteiger partial charge in [-0.05, 0) is 0 Å². The highest BCUT2D eigenvalue weighted by Gasteiger charge is 2.26. The Labute approximate surface area is 83.1 Å². The highest BCUT2D eigenvalue weighted by molar-refractivity contribution is 4.85. The van der Waals surface area contributed by atoms with Crippen LogP contribution in [0.25, 0.3) is 0 Å². The van der Waals surface area contributed by atoms with E-state index in [0.29, 0.717) is 13.2 Å². The second-order valence-electron chi connectivity index (χ2n) is 3.02. The predicted octanol–water partition coefficient (Wildman–Crippen LogP) is -2.70. The molecule has 0 spiro atoms. The van der Waals surface area contributed by atoms with E-state index in [1.165, 1.54) is 0 Å². The molecule has 0 aromatic carbocycles. The van der Waals surface area contributed by atoms with Crippen LogP contribution in [0.2, 0.25) is 0 Å². The molecule has 0 aliphatic rings. The molecule has 0 radical (unpaired) electrons. The molecule has 0 heterocycles. The van der Waals surface area contributed by atoms with Crippen molar-refractivity contribution < 1.29 is 25.2 Å². The first-order chi connectivity index (χ1) is 6.74. The number of aliphatic hydroxyl groups excluding tert-OH is 4. The predicted molar refractivity (Wildman–Crippen MR) is 49.9 cm³/mol. The van der Waals surface area contributed by atoms with Crippen LogP contribution in [0.5, 0.6) is 0 Å². The molecule has 0 bridgehead atoms. The first-order valence-corrected chi connectivity index (χ1v) is 4.51. The van der Waals surface area contributed by atoms with E-state index < -0.39 is 5.54 Å². The van der Waals surface area contributed by atoms with Gasteiger partial charge in [0, 0.05) is 6.54 Å². The second-order valence-corrected chi connectivity index (χ2v) is 3.02. The van der Waals surface area contributed by atoms with Gasteiger partial charge in [-0.3, -0.25) is 0 Å². The van der Waals surface area contributed by atoms with E-state index in [4.69, 9.17) is 25.2 Å². The summed E-state index contributed by atoms with van der Waals surface area (Å²) in [5.74, 6) is 0. The summed E-state index contributed by atoms with van der Waals surface area (Å²) in [5.41, 5.74) is -1.05. The molecule has 0 aromatic heterocycles. The Balaban J connectivity index is 3.61. The molecular formula is C8H19NO5. The summed E-state index contributed by atoms with van der Waals surface area (Å²) in [7, 11) is 0. The van der Waals surface area contributed by atoms with Crippen molar-refractivity contribution in [3.63, 3.8) is 0 Å². The Kier molecular flexibility index (Phi) is 7.96. The molecule has 86 valence electrons. The van der Waals surface area contributed by atoms with Gasteiger partial charge in [-0.15, -0.1) is 0 Å². The minimum Gasteiger partial charge on any atom is -0.394 e. The summed E-state index contributed by atoms with van der Waals surface area (Å²) >= 11 is 0. The van der Waals surface area contributed by atoms with Crippen molar-refractivity contribution in [2.45, 2.75) is 5.54 Å². The SMILES string of the molecule is OCCOCCNC(CO)(CO)CO. The van der Waals surface area contributed by atoms with E-state index in [2.05, 4.69) is 5.32 Å². The fraction of sp³-hybridized carbons (Fsp3) is 1.00. The molecule has 0 fully saturated rings. The van der Waals surface area contributed by atoms with Gasteiger partial charge in [0.15, 0.2) is 0 Å². The van der Waals surface area contributed by atoms with Crippen LogP contribution in [0.15, 0.2) is 0 Å². The summed E-state index contributed by atoms with van der Waals surface area (Å²) in [6.45, 7) is -0.0822. The maximum Gasteiger partial charge on any atom is 0.0882 e. The number of nitrogens with one attached hydrogen (secondary N) is 1. The van der Waals surface area contributed by atoms with Crippen LogP contribution in [-0.2, 0) is 4.74 Å². The second kappa shape index (κ2) is 8.10. The third-order valence-electron chi connectivity index (χ3n) is 1.89. The third kappa shape index (κ3) is 4.85. The first-order valence-electron chi connectivity index (χ1n) is 4.51. The molecular weight excluding hydrogens is 190 g/mol. The highest BCUT2D eigenvalue weighted by Crippen LogP contribution is 2.00. The smallest absolute Gasteiger partial charge is 0.0882 e. The Morgan fingerprint density at radius 1 is 0.929 bits per heavy atom. The van der Waals surface area contributed by atoms with Crippen LogP contribution in [0, 0.1) is 0 Å². The van der Waals surface area contributed by atoms with E-state index in [-0.39, 0.29) is 33.0 Å². The van der Waals surface area contributed by atoms with E-state index in [9.17, 15) is 0 Å². The molecule has 6 heteroatoms. The maximum absolute atomic E-state index is 8.92. The molecule has 0 saturated heterocycles. The van der Waals surface area contributed by atoms with E-state index >= 15 is 0 Å². The standard InChI is InChI=1S/C8H19NO5/c10-2-4-14-3-1-9-8(5-11,6-12)7-13/h9-13H,1-7H2. The van der Waals surface area contributed by atoms with Gasteiger partial charge < -0.3 is 30.5 Å². The van der Waals surface area contributed by atoms with Gasteiger partial charge in [0.2, 0.25) is 0 Å². The van der Waals surface area contributed by atoms with Crippen LogP contribution in [0.3, 0.4) is 0 Å². The molecule has 0 atom stereocenters. The Hall–Kier alpha value is -0.240. The number of aliphatic hydroxyl groups is 4. The third-order valence-corrected chi connectivity index (χ3v) is 1.89. The van der Waals surface area contributed by atoms with Crippen molar-refractivity contribution in [1.29, 1.82) is 0 Å². The van der Waals surface area contributed by atoms with Crippen LogP contribution in [0.1, 0.15) is 0 Å². The number of rotatable bonds is 9. The summed E-state index contributed by atoms with van der Waals surface area (Å²) in [5, 5.41) is 37.9. The molecule has 6 nitrogen and oxygen atoms in total. The number of hydrogen-bond acceptors (Lipinski definition) is 6. The molecule has 0 rings (SSSR count). The van der Waals surface area contributed by atoms with Gasteiger partial charge in [0.05, 0.1) is 45.2 Å². The number of hydrogen-bond donors (Lipinski definition) is 5. The zero-order valence-corrected chi connectivity index (χ0v) is 8.15. The lowest BCUT2D eigenvalue weighted by molar-refractivity contribution is 0.0316. The van der Waals surface area contributed by atoms with Crippen LogP contribution >= 0.6 is 0 Å². The lowest BCUT2D eigenvalue weighted by Gasteiger charge is -2.28. The lowest BCUT2D eigenvalue weighted by Crippen LogP contribution is -2.55. The molecule has 0 aliphatic carbocycles. The van der Waals surface area contributed by atoms with Gasteiger partial charge >= 0.3 is 0 Å². The monoisotopic (exact) mass is 209 g/mol. The Bertz CT molecular complexity index is 121. The van der Waals surface area contributed by atoms with Gasteiger partial charge in [-0.1, -0.05) is 0 Å². The zero-order valence-electron chi connectivity index (χ0n) is 8.15. The average molecular weight is 209 g/mol.